The number of nitrogens with one attached hydrogen (secondary N) is 1. The lowest BCUT2D eigenvalue weighted by molar-refractivity contribution is -0.130. The first-order chi connectivity index (χ1) is 12.1. The summed E-state index contributed by atoms with van der Waals surface area (Å²) in [6.45, 7) is 0. The van der Waals surface area contributed by atoms with Crippen molar-refractivity contribution in [1.29, 1.82) is 0 Å². The molecule has 3 rings (SSSR count). The molecule has 2 N–H and O–H groups in total. The summed E-state index contributed by atoms with van der Waals surface area (Å²) < 4.78 is 13.2. The molecule has 4 nitrogen and oxygen atoms in total. The Kier molecular flexibility index (Phi) is 5.16. The van der Waals surface area contributed by atoms with Crippen LogP contribution in [0.4, 0.5) is 4.39 Å². The molecule has 0 aliphatic heterocycles. The minimum absolute atomic E-state index is 0.362. The van der Waals surface area contributed by atoms with Crippen molar-refractivity contribution in [3.05, 3.63) is 102 Å². The van der Waals surface area contributed by atoms with E-state index >= 15 is 0 Å². The molecule has 1 aromatic heterocycles. The highest BCUT2D eigenvalue weighted by molar-refractivity contribution is 5.82. The van der Waals surface area contributed by atoms with Crippen LogP contribution in [0.5, 0.6) is 0 Å². The first-order valence-electron chi connectivity index (χ1n) is 7.85. The van der Waals surface area contributed by atoms with Gasteiger partial charge in [0.15, 0.2) is 6.10 Å². The Balaban J connectivity index is 1.87. The smallest absolute Gasteiger partial charge is 0.254 e. The number of benzene rings is 2. The summed E-state index contributed by atoms with van der Waals surface area (Å²) in [6.07, 6.45) is 0.318. The van der Waals surface area contributed by atoms with Crippen LogP contribution in [-0.4, -0.2) is 16.0 Å². The maximum atomic E-state index is 13.2. The van der Waals surface area contributed by atoms with Gasteiger partial charge in [0.2, 0.25) is 0 Å². The van der Waals surface area contributed by atoms with Gasteiger partial charge in [0.05, 0.1) is 11.7 Å². The van der Waals surface area contributed by atoms with Crippen LogP contribution < -0.4 is 5.32 Å². The lowest BCUT2D eigenvalue weighted by Gasteiger charge is -2.21. The molecular formula is C20H17FN2O2. The van der Waals surface area contributed by atoms with Gasteiger partial charge in [-0.3, -0.25) is 9.78 Å². The lowest BCUT2D eigenvalue weighted by Crippen LogP contribution is -2.34. The predicted octanol–water partition coefficient (Wildman–Crippen LogP) is 3.16. The zero-order chi connectivity index (χ0) is 17.6. The standard InChI is InChI=1S/C20H17FN2O2/c21-16-11-9-14(10-12-16)18(17-8-4-5-13-22-17)23-20(25)19(24)15-6-2-1-3-7-15/h1-13,18-19,24H,(H,23,25). The van der Waals surface area contributed by atoms with Crippen LogP contribution >= 0.6 is 0 Å². The van der Waals surface area contributed by atoms with Gasteiger partial charge in [0, 0.05) is 6.20 Å². The molecule has 0 saturated heterocycles. The predicted molar refractivity (Wildman–Crippen MR) is 92.0 cm³/mol. The molecule has 126 valence electrons. The average molecular weight is 336 g/mol. The van der Waals surface area contributed by atoms with Crippen LogP contribution in [0.2, 0.25) is 0 Å². The minimum Gasteiger partial charge on any atom is -0.378 e. The molecule has 0 saturated carbocycles. The lowest BCUT2D eigenvalue weighted by atomic mass is 10.0. The van der Waals surface area contributed by atoms with Crippen LogP contribution in [0.3, 0.4) is 0 Å². The molecule has 0 spiro atoms. The van der Waals surface area contributed by atoms with E-state index < -0.39 is 18.1 Å². The number of hydrogen-bond donors (Lipinski definition) is 2. The van der Waals surface area contributed by atoms with Crippen molar-refractivity contribution in [3.63, 3.8) is 0 Å². The van der Waals surface area contributed by atoms with Crippen LogP contribution in [0, 0.1) is 5.82 Å². The van der Waals surface area contributed by atoms with Crippen molar-refractivity contribution in [3.8, 4) is 0 Å². The number of halogens is 1. The van der Waals surface area contributed by atoms with Gasteiger partial charge in [0.25, 0.3) is 5.91 Å². The number of aliphatic hydroxyl groups excluding tert-OH is 1. The Morgan fingerprint density at radius 3 is 2.24 bits per heavy atom. The van der Waals surface area contributed by atoms with Crippen LogP contribution in [0.25, 0.3) is 0 Å². The van der Waals surface area contributed by atoms with Gasteiger partial charge in [-0.2, -0.15) is 0 Å². The SMILES string of the molecule is O=C(NC(c1ccc(F)cc1)c1ccccn1)C(O)c1ccccc1. The fourth-order valence-corrected chi connectivity index (χ4v) is 2.54. The fourth-order valence-electron chi connectivity index (χ4n) is 2.54. The molecule has 25 heavy (non-hydrogen) atoms. The van der Waals surface area contributed by atoms with E-state index in [0.717, 1.165) is 0 Å². The Morgan fingerprint density at radius 1 is 0.920 bits per heavy atom. The van der Waals surface area contributed by atoms with Crippen molar-refractivity contribution >= 4 is 5.91 Å². The third kappa shape index (κ3) is 4.08. The zero-order valence-corrected chi connectivity index (χ0v) is 13.3. The van der Waals surface area contributed by atoms with E-state index in [2.05, 4.69) is 10.3 Å². The van der Waals surface area contributed by atoms with Gasteiger partial charge in [-0.25, -0.2) is 4.39 Å². The summed E-state index contributed by atoms with van der Waals surface area (Å²) in [6, 6.07) is 19.2. The monoisotopic (exact) mass is 336 g/mol. The third-order valence-electron chi connectivity index (χ3n) is 3.84. The van der Waals surface area contributed by atoms with E-state index in [-0.39, 0.29) is 5.82 Å². The highest BCUT2D eigenvalue weighted by atomic mass is 19.1. The summed E-state index contributed by atoms with van der Waals surface area (Å²) >= 11 is 0. The van der Waals surface area contributed by atoms with Gasteiger partial charge < -0.3 is 10.4 Å². The topological polar surface area (TPSA) is 62.2 Å². The molecule has 1 amide bonds. The molecule has 5 heteroatoms. The second-order valence-corrected chi connectivity index (χ2v) is 5.56. The molecule has 0 aliphatic carbocycles. The number of hydrogen-bond acceptors (Lipinski definition) is 3. The largest absolute Gasteiger partial charge is 0.378 e. The van der Waals surface area contributed by atoms with Gasteiger partial charge in [-0.1, -0.05) is 48.5 Å². The number of amides is 1. The van der Waals surface area contributed by atoms with Crippen molar-refractivity contribution < 1.29 is 14.3 Å². The Morgan fingerprint density at radius 2 is 1.60 bits per heavy atom. The molecule has 0 radical (unpaired) electrons. The number of rotatable bonds is 5. The second-order valence-electron chi connectivity index (χ2n) is 5.56. The Bertz CT molecular complexity index is 823. The Labute approximate surface area is 145 Å². The first-order valence-corrected chi connectivity index (χ1v) is 7.85. The van der Waals surface area contributed by atoms with E-state index in [9.17, 15) is 14.3 Å². The molecule has 2 atom stereocenters. The van der Waals surface area contributed by atoms with Crippen LogP contribution in [0.1, 0.15) is 29.0 Å². The summed E-state index contributed by atoms with van der Waals surface area (Å²) in [5, 5.41) is 13.1. The Hall–Kier alpha value is -3.05. The van der Waals surface area contributed by atoms with Crippen molar-refractivity contribution in [2.75, 3.05) is 0 Å². The van der Waals surface area contributed by atoms with E-state index in [4.69, 9.17) is 0 Å². The number of aliphatic hydroxyl groups is 1. The number of carbonyl (C=O) groups excluding carboxylic acids is 1. The third-order valence-corrected chi connectivity index (χ3v) is 3.84. The molecule has 2 unspecified atom stereocenters. The molecule has 2 aromatic carbocycles. The molecule has 0 bridgehead atoms. The number of carbonyl (C=O) groups is 1. The summed E-state index contributed by atoms with van der Waals surface area (Å²) in [4.78, 5) is 16.8. The maximum Gasteiger partial charge on any atom is 0.254 e. The highest BCUT2D eigenvalue weighted by Gasteiger charge is 2.23. The zero-order valence-electron chi connectivity index (χ0n) is 13.3. The normalized spacial score (nSPS) is 13.0. The minimum atomic E-state index is -1.30. The maximum absolute atomic E-state index is 13.2. The first kappa shape index (κ1) is 16.8. The average Bonchev–Trinajstić information content (AvgIpc) is 2.67. The number of nitrogens with zero attached hydrogens (tertiary/aromatic N) is 1. The van der Waals surface area contributed by atoms with Crippen molar-refractivity contribution in [2.45, 2.75) is 12.1 Å². The second kappa shape index (κ2) is 7.68. The number of pyridine rings is 1. The van der Waals surface area contributed by atoms with Crippen LogP contribution in [-0.2, 0) is 4.79 Å². The van der Waals surface area contributed by atoms with E-state index in [1.165, 1.54) is 12.1 Å². The fraction of sp³-hybridized carbons (Fsp3) is 0.100. The summed E-state index contributed by atoms with van der Waals surface area (Å²) in [7, 11) is 0. The molecule has 3 aromatic rings. The highest BCUT2D eigenvalue weighted by Crippen LogP contribution is 2.22. The number of aromatic nitrogens is 1. The van der Waals surface area contributed by atoms with Crippen molar-refractivity contribution in [2.24, 2.45) is 0 Å². The van der Waals surface area contributed by atoms with E-state index in [1.54, 1.807) is 60.8 Å². The van der Waals surface area contributed by atoms with Gasteiger partial charge in [0.1, 0.15) is 5.82 Å². The quantitative estimate of drug-likeness (QED) is 0.752. The van der Waals surface area contributed by atoms with Gasteiger partial charge in [-0.15, -0.1) is 0 Å². The van der Waals surface area contributed by atoms with E-state index in [0.29, 0.717) is 16.8 Å². The van der Waals surface area contributed by atoms with Gasteiger partial charge >= 0.3 is 0 Å². The summed E-state index contributed by atoms with van der Waals surface area (Å²) in [5.41, 5.74) is 1.77. The molecule has 0 fully saturated rings. The summed E-state index contributed by atoms with van der Waals surface area (Å²) in [5.74, 6) is -0.912. The van der Waals surface area contributed by atoms with Crippen LogP contribution in [0.15, 0.2) is 79.0 Å². The van der Waals surface area contributed by atoms with E-state index in [1.807, 2.05) is 6.07 Å². The molecule has 1 heterocycles. The van der Waals surface area contributed by atoms with Gasteiger partial charge in [-0.05, 0) is 35.4 Å². The molecular weight excluding hydrogens is 319 g/mol. The van der Waals surface area contributed by atoms with Crippen molar-refractivity contribution in [1.82, 2.24) is 10.3 Å². The molecule has 0 aliphatic rings.